The highest BCUT2D eigenvalue weighted by molar-refractivity contribution is 5.96. The molecule has 1 atom stereocenters. The van der Waals surface area contributed by atoms with Crippen LogP contribution < -0.4 is 15.0 Å². The first kappa shape index (κ1) is 21.9. The van der Waals surface area contributed by atoms with Crippen molar-refractivity contribution in [3.05, 3.63) is 71.1 Å². The molecule has 0 saturated carbocycles. The molecule has 0 radical (unpaired) electrons. The van der Waals surface area contributed by atoms with E-state index in [4.69, 9.17) is 9.15 Å². The summed E-state index contributed by atoms with van der Waals surface area (Å²) in [6.45, 7) is 3.73. The quantitative estimate of drug-likeness (QED) is 0.591. The Morgan fingerprint density at radius 1 is 1.09 bits per heavy atom. The van der Waals surface area contributed by atoms with Crippen LogP contribution in [-0.4, -0.2) is 36.3 Å². The average molecular weight is 435 g/mol. The molecule has 168 valence electrons. The summed E-state index contributed by atoms with van der Waals surface area (Å²) in [6.07, 6.45) is 5.26. The maximum absolute atomic E-state index is 13.1. The summed E-state index contributed by atoms with van der Waals surface area (Å²) in [5.41, 5.74) is 2.52. The minimum absolute atomic E-state index is 0.180. The molecule has 1 fully saturated rings. The lowest BCUT2D eigenvalue weighted by Crippen LogP contribution is -2.30. The van der Waals surface area contributed by atoms with Crippen LogP contribution in [0.1, 0.15) is 59.1 Å². The number of aryl methyl sites for hydroxylation is 1. The average Bonchev–Trinajstić information content (AvgIpc) is 3.14. The van der Waals surface area contributed by atoms with Gasteiger partial charge in [-0.2, -0.15) is 0 Å². The van der Waals surface area contributed by atoms with Gasteiger partial charge in [0.15, 0.2) is 0 Å². The Balaban J connectivity index is 1.57. The van der Waals surface area contributed by atoms with E-state index in [1.807, 2.05) is 43.3 Å². The molecule has 0 spiro atoms. The van der Waals surface area contributed by atoms with E-state index in [9.17, 15) is 4.79 Å². The molecular weight excluding hydrogens is 404 g/mol. The Labute approximate surface area is 188 Å². The standard InChI is InChI=1S/C25H30N4O3/c1-18-16-20(31-2)12-13-21(18)23(30)26-22(17-19-10-6-5-7-11-19)24-27-28-25(32-24)29-14-8-3-4-9-15-29/h5-7,10-13,16,22H,3-4,8-9,14-15,17H2,1-2H3,(H,26,30)/t22-/m0/s1. The molecule has 0 aliphatic carbocycles. The number of rotatable bonds is 7. The maximum Gasteiger partial charge on any atom is 0.318 e. The zero-order chi connectivity index (χ0) is 22.3. The topological polar surface area (TPSA) is 80.5 Å². The Hall–Kier alpha value is -3.35. The minimum atomic E-state index is -0.431. The molecule has 7 nitrogen and oxygen atoms in total. The molecule has 0 bridgehead atoms. The van der Waals surface area contributed by atoms with Gasteiger partial charge in [0, 0.05) is 25.1 Å². The summed E-state index contributed by atoms with van der Waals surface area (Å²) in [6, 6.07) is 15.5. The Kier molecular flexibility index (Phi) is 7.04. The second-order valence-electron chi connectivity index (χ2n) is 8.22. The first-order valence-corrected chi connectivity index (χ1v) is 11.2. The van der Waals surface area contributed by atoms with Gasteiger partial charge in [-0.1, -0.05) is 48.3 Å². The van der Waals surface area contributed by atoms with Gasteiger partial charge in [-0.25, -0.2) is 0 Å². The number of hydrogen-bond donors (Lipinski definition) is 1. The summed E-state index contributed by atoms with van der Waals surface area (Å²) < 4.78 is 11.3. The summed E-state index contributed by atoms with van der Waals surface area (Å²) in [7, 11) is 1.61. The number of methoxy groups -OCH3 is 1. The van der Waals surface area contributed by atoms with Crippen molar-refractivity contribution in [1.82, 2.24) is 15.5 Å². The van der Waals surface area contributed by atoms with Crippen LogP contribution in [0.2, 0.25) is 0 Å². The van der Waals surface area contributed by atoms with Crippen LogP contribution in [0, 0.1) is 6.92 Å². The zero-order valence-electron chi connectivity index (χ0n) is 18.7. The maximum atomic E-state index is 13.1. The SMILES string of the molecule is COc1ccc(C(=O)N[C@@H](Cc2ccccc2)c2nnc(N3CCCCCC3)o2)c(C)c1. The van der Waals surface area contributed by atoms with Crippen molar-refractivity contribution < 1.29 is 13.9 Å². The predicted molar refractivity (Wildman–Crippen MR) is 123 cm³/mol. The second-order valence-corrected chi connectivity index (χ2v) is 8.22. The van der Waals surface area contributed by atoms with E-state index in [0.717, 1.165) is 42.8 Å². The van der Waals surface area contributed by atoms with Gasteiger partial charge in [0.1, 0.15) is 11.8 Å². The Bertz CT molecular complexity index is 1030. The van der Waals surface area contributed by atoms with Crippen molar-refractivity contribution in [2.45, 2.75) is 45.1 Å². The molecule has 2 heterocycles. The smallest absolute Gasteiger partial charge is 0.318 e. The molecule has 1 saturated heterocycles. The first-order chi connectivity index (χ1) is 15.6. The molecule has 1 aliphatic heterocycles. The van der Waals surface area contributed by atoms with Crippen LogP contribution in [0.3, 0.4) is 0 Å². The highest BCUT2D eigenvalue weighted by Crippen LogP contribution is 2.24. The summed E-state index contributed by atoms with van der Waals surface area (Å²) in [5.74, 6) is 0.965. The fourth-order valence-corrected chi connectivity index (χ4v) is 4.06. The van der Waals surface area contributed by atoms with E-state index in [0.29, 0.717) is 23.9 Å². The van der Waals surface area contributed by atoms with Crippen molar-refractivity contribution in [2.24, 2.45) is 0 Å². The van der Waals surface area contributed by atoms with Gasteiger partial charge in [0.05, 0.1) is 7.11 Å². The highest BCUT2D eigenvalue weighted by atomic mass is 16.5. The lowest BCUT2D eigenvalue weighted by molar-refractivity contribution is 0.0929. The number of carbonyl (C=O) groups excluding carboxylic acids is 1. The van der Waals surface area contributed by atoms with Crippen molar-refractivity contribution in [1.29, 1.82) is 0 Å². The molecule has 1 aromatic heterocycles. The number of amides is 1. The summed E-state index contributed by atoms with van der Waals surface area (Å²) >= 11 is 0. The molecule has 32 heavy (non-hydrogen) atoms. The predicted octanol–water partition coefficient (Wildman–Crippen LogP) is 4.48. The number of nitrogens with zero attached hydrogens (tertiary/aromatic N) is 3. The van der Waals surface area contributed by atoms with Crippen LogP contribution in [-0.2, 0) is 6.42 Å². The number of aromatic nitrogens is 2. The van der Waals surface area contributed by atoms with Gasteiger partial charge in [-0.15, -0.1) is 5.10 Å². The molecule has 3 aromatic rings. The Morgan fingerprint density at radius 2 is 1.84 bits per heavy atom. The van der Waals surface area contributed by atoms with Crippen molar-refractivity contribution in [3.8, 4) is 5.75 Å². The number of anilines is 1. The molecule has 4 rings (SSSR count). The lowest BCUT2D eigenvalue weighted by Gasteiger charge is -2.18. The molecule has 0 unspecified atom stereocenters. The highest BCUT2D eigenvalue weighted by Gasteiger charge is 2.25. The van der Waals surface area contributed by atoms with E-state index >= 15 is 0 Å². The third-order valence-corrected chi connectivity index (χ3v) is 5.87. The third kappa shape index (κ3) is 5.28. The Morgan fingerprint density at radius 3 is 2.53 bits per heavy atom. The van der Waals surface area contributed by atoms with Crippen molar-refractivity contribution in [2.75, 3.05) is 25.1 Å². The fourth-order valence-electron chi connectivity index (χ4n) is 4.06. The fraction of sp³-hybridized carbons (Fsp3) is 0.400. The molecule has 7 heteroatoms. The number of hydrogen-bond acceptors (Lipinski definition) is 6. The van der Waals surface area contributed by atoms with Gasteiger partial charge in [-0.05, 0) is 49.1 Å². The largest absolute Gasteiger partial charge is 0.497 e. The molecular formula is C25H30N4O3. The second kappa shape index (κ2) is 10.3. The zero-order valence-corrected chi connectivity index (χ0v) is 18.7. The first-order valence-electron chi connectivity index (χ1n) is 11.2. The van der Waals surface area contributed by atoms with E-state index < -0.39 is 6.04 Å². The lowest BCUT2D eigenvalue weighted by atomic mass is 10.0. The third-order valence-electron chi connectivity index (χ3n) is 5.87. The molecule has 1 N–H and O–H groups in total. The number of nitrogens with one attached hydrogen (secondary N) is 1. The van der Waals surface area contributed by atoms with E-state index in [-0.39, 0.29) is 5.91 Å². The normalized spacial score (nSPS) is 15.1. The van der Waals surface area contributed by atoms with Crippen LogP contribution in [0.15, 0.2) is 52.9 Å². The van der Waals surface area contributed by atoms with E-state index in [1.165, 1.54) is 12.8 Å². The summed E-state index contributed by atoms with van der Waals surface area (Å²) in [4.78, 5) is 15.3. The van der Waals surface area contributed by atoms with Crippen LogP contribution in [0.4, 0.5) is 6.01 Å². The monoisotopic (exact) mass is 434 g/mol. The number of carbonyl (C=O) groups is 1. The number of benzene rings is 2. The van der Waals surface area contributed by atoms with Gasteiger partial charge >= 0.3 is 6.01 Å². The van der Waals surface area contributed by atoms with Crippen LogP contribution >= 0.6 is 0 Å². The molecule has 1 amide bonds. The van der Waals surface area contributed by atoms with E-state index in [1.54, 1.807) is 19.2 Å². The van der Waals surface area contributed by atoms with Crippen molar-refractivity contribution in [3.63, 3.8) is 0 Å². The van der Waals surface area contributed by atoms with Crippen molar-refractivity contribution >= 4 is 11.9 Å². The molecule has 1 aliphatic rings. The molecule has 2 aromatic carbocycles. The van der Waals surface area contributed by atoms with Gasteiger partial charge < -0.3 is 19.4 Å². The van der Waals surface area contributed by atoms with Gasteiger partial charge in [-0.3, -0.25) is 4.79 Å². The summed E-state index contributed by atoms with van der Waals surface area (Å²) in [5, 5.41) is 11.7. The van der Waals surface area contributed by atoms with Crippen LogP contribution in [0.5, 0.6) is 5.75 Å². The van der Waals surface area contributed by atoms with E-state index in [2.05, 4.69) is 20.4 Å². The van der Waals surface area contributed by atoms with Gasteiger partial charge in [0.2, 0.25) is 5.89 Å². The number of ether oxygens (including phenoxy) is 1. The minimum Gasteiger partial charge on any atom is -0.497 e. The van der Waals surface area contributed by atoms with Gasteiger partial charge in [0.25, 0.3) is 5.91 Å². The van der Waals surface area contributed by atoms with Crippen LogP contribution in [0.25, 0.3) is 0 Å².